The third kappa shape index (κ3) is 2.19. The first-order valence-electron chi connectivity index (χ1n) is 6.17. The summed E-state index contributed by atoms with van der Waals surface area (Å²) in [6.07, 6.45) is 0. The lowest BCUT2D eigenvalue weighted by atomic mass is 9.99. The highest BCUT2D eigenvalue weighted by Gasteiger charge is 2.12. The number of aromatic nitrogens is 1. The van der Waals surface area contributed by atoms with Gasteiger partial charge in [-0.1, -0.05) is 34.1 Å². The maximum absolute atomic E-state index is 11.5. The van der Waals surface area contributed by atoms with Gasteiger partial charge in [0.25, 0.3) is 0 Å². The van der Waals surface area contributed by atoms with Gasteiger partial charge in [-0.2, -0.15) is 0 Å². The Balaban J connectivity index is 2.05. The Morgan fingerprint density at radius 3 is 2.50 bits per heavy atom. The fourth-order valence-electron chi connectivity index (χ4n) is 2.21. The zero-order valence-electron chi connectivity index (χ0n) is 10.8. The molecule has 5 heteroatoms. The summed E-state index contributed by atoms with van der Waals surface area (Å²) in [6, 6.07) is 13.2. The second-order valence-corrected chi connectivity index (χ2v) is 5.60. The maximum atomic E-state index is 11.5. The van der Waals surface area contributed by atoms with Crippen molar-refractivity contribution in [1.82, 2.24) is 4.57 Å². The van der Waals surface area contributed by atoms with E-state index in [1.54, 1.807) is 7.05 Å². The van der Waals surface area contributed by atoms with Gasteiger partial charge in [0, 0.05) is 11.5 Å². The fourth-order valence-corrected chi connectivity index (χ4v) is 2.47. The van der Waals surface area contributed by atoms with Crippen LogP contribution >= 0.6 is 15.9 Å². The summed E-state index contributed by atoms with van der Waals surface area (Å²) in [4.78, 5) is 11.5. The lowest BCUT2D eigenvalue weighted by Gasteiger charge is -2.12. The number of benzene rings is 2. The molecule has 3 aromatic rings. The Labute approximate surface area is 123 Å². The molecule has 1 atom stereocenters. The van der Waals surface area contributed by atoms with Gasteiger partial charge < -0.3 is 10.2 Å². The molecule has 3 rings (SSSR count). The number of nitrogens with two attached hydrogens (primary N) is 1. The topological polar surface area (TPSA) is 61.2 Å². The Kier molecular flexibility index (Phi) is 3.23. The summed E-state index contributed by atoms with van der Waals surface area (Å²) in [5.41, 5.74) is 9.50. The Bertz CT molecular complexity index is 818. The molecular formula is C15H13BrN2O2. The molecular weight excluding hydrogens is 320 g/mol. The summed E-state index contributed by atoms with van der Waals surface area (Å²) in [5, 5.41) is 0. The van der Waals surface area contributed by atoms with Gasteiger partial charge in [-0.05, 0) is 35.4 Å². The van der Waals surface area contributed by atoms with E-state index in [-0.39, 0.29) is 11.8 Å². The number of rotatable bonds is 2. The molecule has 0 aliphatic heterocycles. The highest BCUT2D eigenvalue weighted by molar-refractivity contribution is 9.10. The zero-order chi connectivity index (χ0) is 14.3. The molecule has 0 saturated carbocycles. The van der Waals surface area contributed by atoms with Crippen molar-refractivity contribution in [3.63, 3.8) is 0 Å². The van der Waals surface area contributed by atoms with Gasteiger partial charge in [0.2, 0.25) is 0 Å². The van der Waals surface area contributed by atoms with Crippen LogP contribution in [0.4, 0.5) is 0 Å². The number of fused-ring (bicyclic) bond motifs is 1. The van der Waals surface area contributed by atoms with Crippen LogP contribution in [0.3, 0.4) is 0 Å². The minimum absolute atomic E-state index is 0.252. The first kappa shape index (κ1) is 13.1. The number of nitrogens with zero attached hydrogens (tertiary/aromatic N) is 1. The van der Waals surface area contributed by atoms with Crippen LogP contribution in [0.1, 0.15) is 17.2 Å². The van der Waals surface area contributed by atoms with Gasteiger partial charge in [0.15, 0.2) is 5.58 Å². The van der Waals surface area contributed by atoms with Crippen LogP contribution in [0.5, 0.6) is 0 Å². The monoisotopic (exact) mass is 332 g/mol. The molecule has 20 heavy (non-hydrogen) atoms. The highest BCUT2D eigenvalue weighted by Crippen LogP contribution is 2.24. The van der Waals surface area contributed by atoms with Gasteiger partial charge in [-0.3, -0.25) is 4.57 Å². The molecule has 102 valence electrons. The standard InChI is InChI=1S/C15H13BrN2O2/c1-18-12-7-4-10(8-13(12)20-15(18)19)14(17)9-2-5-11(16)6-3-9/h2-8,14H,17H2,1H3. The third-order valence-electron chi connectivity index (χ3n) is 3.40. The summed E-state index contributed by atoms with van der Waals surface area (Å²) >= 11 is 3.40. The quantitative estimate of drug-likeness (QED) is 0.784. The van der Waals surface area contributed by atoms with Crippen LogP contribution in [-0.4, -0.2) is 4.57 Å². The van der Waals surface area contributed by atoms with Crippen molar-refractivity contribution in [2.24, 2.45) is 12.8 Å². The van der Waals surface area contributed by atoms with Gasteiger partial charge in [-0.25, -0.2) is 4.79 Å². The van der Waals surface area contributed by atoms with Crippen LogP contribution in [-0.2, 0) is 7.05 Å². The number of hydrogen-bond acceptors (Lipinski definition) is 3. The summed E-state index contributed by atoms with van der Waals surface area (Å²) in [6.45, 7) is 0. The molecule has 0 saturated heterocycles. The predicted molar refractivity (Wildman–Crippen MR) is 81.6 cm³/mol. The summed E-state index contributed by atoms with van der Waals surface area (Å²) in [7, 11) is 1.68. The molecule has 0 bridgehead atoms. The average Bonchev–Trinajstić information content (AvgIpc) is 2.74. The highest BCUT2D eigenvalue weighted by atomic mass is 79.9. The largest absolute Gasteiger partial charge is 0.419 e. The lowest BCUT2D eigenvalue weighted by molar-refractivity contribution is 0.527. The normalized spacial score (nSPS) is 12.8. The molecule has 4 nitrogen and oxygen atoms in total. The second kappa shape index (κ2) is 4.92. The molecule has 2 aromatic carbocycles. The van der Waals surface area contributed by atoms with Crippen molar-refractivity contribution < 1.29 is 4.42 Å². The Morgan fingerprint density at radius 2 is 1.80 bits per heavy atom. The average molecular weight is 333 g/mol. The Morgan fingerprint density at radius 1 is 1.15 bits per heavy atom. The van der Waals surface area contributed by atoms with Gasteiger partial charge in [0.1, 0.15) is 0 Å². The van der Waals surface area contributed by atoms with Gasteiger partial charge in [-0.15, -0.1) is 0 Å². The molecule has 2 N–H and O–H groups in total. The molecule has 0 aliphatic rings. The fraction of sp³-hybridized carbons (Fsp3) is 0.133. The lowest BCUT2D eigenvalue weighted by Crippen LogP contribution is -2.11. The molecule has 0 spiro atoms. The number of aryl methyl sites for hydroxylation is 1. The van der Waals surface area contributed by atoms with Crippen molar-refractivity contribution in [1.29, 1.82) is 0 Å². The SMILES string of the molecule is Cn1c(=O)oc2cc(C(N)c3ccc(Br)cc3)ccc21. The van der Waals surface area contributed by atoms with Crippen molar-refractivity contribution in [2.75, 3.05) is 0 Å². The minimum atomic E-state index is -0.366. The van der Waals surface area contributed by atoms with Crippen LogP contribution in [0.2, 0.25) is 0 Å². The van der Waals surface area contributed by atoms with Crippen LogP contribution in [0.25, 0.3) is 11.1 Å². The van der Waals surface area contributed by atoms with E-state index in [9.17, 15) is 4.79 Å². The molecule has 0 aliphatic carbocycles. The van der Waals surface area contributed by atoms with Crippen LogP contribution < -0.4 is 11.5 Å². The van der Waals surface area contributed by atoms with Crippen LogP contribution in [0, 0.1) is 0 Å². The van der Waals surface area contributed by atoms with Crippen molar-refractivity contribution in [3.8, 4) is 0 Å². The van der Waals surface area contributed by atoms with Crippen molar-refractivity contribution >= 4 is 27.0 Å². The van der Waals surface area contributed by atoms with E-state index in [0.29, 0.717) is 5.58 Å². The maximum Gasteiger partial charge on any atom is 0.419 e. The van der Waals surface area contributed by atoms with E-state index in [1.807, 2.05) is 42.5 Å². The van der Waals surface area contributed by atoms with Crippen LogP contribution in [0.15, 0.2) is 56.1 Å². The second-order valence-electron chi connectivity index (χ2n) is 4.68. The van der Waals surface area contributed by atoms with E-state index in [2.05, 4.69) is 15.9 Å². The van der Waals surface area contributed by atoms with Gasteiger partial charge >= 0.3 is 5.76 Å². The van der Waals surface area contributed by atoms with Gasteiger partial charge in [0.05, 0.1) is 11.6 Å². The number of hydrogen-bond donors (Lipinski definition) is 1. The third-order valence-corrected chi connectivity index (χ3v) is 3.93. The van der Waals surface area contributed by atoms with E-state index in [4.69, 9.17) is 10.2 Å². The minimum Gasteiger partial charge on any atom is -0.408 e. The molecule has 1 heterocycles. The summed E-state index contributed by atoms with van der Waals surface area (Å²) in [5.74, 6) is -0.366. The van der Waals surface area contributed by atoms with E-state index in [0.717, 1.165) is 21.1 Å². The summed E-state index contributed by atoms with van der Waals surface area (Å²) < 4.78 is 7.68. The molecule has 1 aromatic heterocycles. The number of halogens is 1. The first-order valence-corrected chi connectivity index (χ1v) is 6.96. The van der Waals surface area contributed by atoms with E-state index in [1.165, 1.54) is 4.57 Å². The molecule has 1 unspecified atom stereocenters. The predicted octanol–water partition coefficient (Wildman–Crippen LogP) is 2.94. The zero-order valence-corrected chi connectivity index (χ0v) is 12.4. The van der Waals surface area contributed by atoms with E-state index >= 15 is 0 Å². The number of oxazole rings is 1. The first-order chi connectivity index (χ1) is 9.56. The van der Waals surface area contributed by atoms with E-state index < -0.39 is 0 Å². The molecule has 0 radical (unpaired) electrons. The van der Waals surface area contributed by atoms with Crippen molar-refractivity contribution in [3.05, 3.63) is 68.6 Å². The Hall–Kier alpha value is -1.85. The molecule has 0 amide bonds. The smallest absolute Gasteiger partial charge is 0.408 e. The van der Waals surface area contributed by atoms with Crippen molar-refractivity contribution in [2.45, 2.75) is 6.04 Å². The molecule has 0 fully saturated rings.